The summed E-state index contributed by atoms with van der Waals surface area (Å²) < 4.78 is 1.71. The van der Waals surface area contributed by atoms with Gasteiger partial charge in [-0.3, -0.25) is 9.48 Å². The molecule has 2 heterocycles. The third kappa shape index (κ3) is 3.15. The molecule has 19 heavy (non-hydrogen) atoms. The molecule has 0 radical (unpaired) electrons. The van der Waals surface area contributed by atoms with E-state index in [0.717, 1.165) is 38.3 Å². The van der Waals surface area contributed by atoms with E-state index in [-0.39, 0.29) is 11.3 Å². The first-order valence-corrected chi connectivity index (χ1v) is 6.94. The first-order valence-electron chi connectivity index (χ1n) is 6.94. The molecule has 5 nitrogen and oxygen atoms in total. The number of hydrogen-bond acceptors (Lipinski definition) is 3. The minimum atomic E-state index is -0.0311. The highest BCUT2D eigenvalue weighted by Gasteiger charge is 2.24. The first-order chi connectivity index (χ1) is 8.89. The first kappa shape index (κ1) is 14.1. The van der Waals surface area contributed by atoms with Gasteiger partial charge in [-0.25, -0.2) is 0 Å². The summed E-state index contributed by atoms with van der Waals surface area (Å²) >= 11 is 0. The highest BCUT2D eigenvalue weighted by atomic mass is 16.2. The van der Waals surface area contributed by atoms with Crippen LogP contribution >= 0.6 is 0 Å². The summed E-state index contributed by atoms with van der Waals surface area (Å²) in [5, 5.41) is 7.79. The van der Waals surface area contributed by atoms with Gasteiger partial charge in [0.25, 0.3) is 5.91 Å². The van der Waals surface area contributed by atoms with Gasteiger partial charge >= 0.3 is 0 Å². The average molecular weight is 264 g/mol. The predicted molar refractivity (Wildman–Crippen MR) is 75.3 cm³/mol. The zero-order chi connectivity index (χ0) is 14.0. The summed E-state index contributed by atoms with van der Waals surface area (Å²) in [5.74, 6) is 0.0919. The van der Waals surface area contributed by atoms with Gasteiger partial charge in [0, 0.05) is 32.1 Å². The van der Waals surface area contributed by atoms with Crippen LogP contribution in [-0.4, -0.2) is 46.8 Å². The van der Waals surface area contributed by atoms with Gasteiger partial charge in [-0.15, -0.1) is 0 Å². The summed E-state index contributed by atoms with van der Waals surface area (Å²) in [7, 11) is 1.85. The van der Waals surface area contributed by atoms with E-state index in [0.29, 0.717) is 5.69 Å². The van der Waals surface area contributed by atoms with Gasteiger partial charge in [0.15, 0.2) is 0 Å². The second kappa shape index (κ2) is 5.33. The molecule has 0 aromatic carbocycles. The summed E-state index contributed by atoms with van der Waals surface area (Å²) in [6.45, 7) is 9.78. The largest absolute Gasteiger partial charge is 0.336 e. The van der Waals surface area contributed by atoms with Crippen LogP contribution in [0.3, 0.4) is 0 Å². The molecule has 2 rings (SSSR count). The van der Waals surface area contributed by atoms with Crippen molar-refractivity contribution < 1.29 is 4.79 Å². The van der Waals surface area contributed by atoms with Crippen molar-refractivity contribution in [3.05, 3.63) is 17.5 Å². The van der Waals surface area contributed by atoms with E-state index < -0.39 is 0 Å². The van der Waals surface area contributed by atoms with E-state index in [1.54, 1.807) is 4.68 Å². The minimum Gasteiger partial charge on any atom is -0.336 e. The van der Waals surface area contributed by atoms with E-state index in [2.05, 4.69) is 31.2 Å². The molecule has 1 saturated heterocycles. The molecule has 0 aliphatic carbocycles. The molecule has 1 aliphatic rings. The van der Waals surface area contributed by atoms with Crippen molar-refractivity contribution >= 4 is 5.91 Å². The smallest absolute Gasteiger partial charge is 0.272 e. The summed E-state index contributed by atoms with van der Waals surface area (Å²) in [5.41, 5.74) is 1.62. The second-order valence-corrected chi connectivity index (χ2v) is 6.18. The number of amides is 1. The second-order valence-electron chi connectivity index (χ2n) is 6.18. The number of aryl methyl sites for hydroxylation is 1. The molecule has 1 aromatic heterocycles. The molecule has 1 amide bonds. The Kier molecular flexibility index (Phi) is 3.94. The van der Waals surface area contributed by atoms with Crippen LogP contribution in [0.5, 0.6) is 0 Å². The lowest BCUT2D eigenvalue weighted by Gasteiger charge is -2.19. The molecular formula is C14H24N4O. The van der Waals surface area contributed by atoms with E-state index in [4.69, 9.17) is 0 Å². The van der Waals surface area contributed by atoms with E-state index >= 15 is 0 Å². The molecule has 0 bridgehead atoms. The summed E-state index contributed by atoms with van der Waals surface area (Å²) in [6, 6.07) is 1.93. The zero-order valence-corrected chi connectivity index (χ0v) is 12.4. The topological polar surface area (TPSA) is 50.2 Å². The molecule has 1 fully saturated rings. The van der Waals surface area contributed by atoms with Gasteiger partial charge in [0.05, 0.1) is 5.69 Å². The van der Waals surface area contributed by atoms with Gasteiger partial charge in [-0.05, 0) is 19.0 Å². The highest BCUT2D eigenvalue weighted by Crippen LogP contribution is 2.22. The Hall–Kier alpha value is -1.36. The lowest BCUT2D eigenvalue weighted by atomic mass is 9.92. The molecule has 1 aliphatic heterocycles. The fraction of sp³-hybridized carbons (Fsp3) is 0.714. The quantitative estimate of drug-likeness (QED) is 0.828. The number of rotatable bonds is 1. The number of aromatic nitrogens is 2. The Labute approximate surface area is 115 Å². The fourth-order valence-corrected chi connectivity index (χ4v) is 2.24. The number of hydrogen-bond donors (Lipinski definition) is 1. The maximum atomic E-state index is 12.6. The molecule has 0 unspecified atom stereocenters. The molecule has 1 N–H and O–H groups in total. The molecular weight excluding hydrogens is 240 g/mol. The average Bonchev–Trinajstić information content (AvgIpc) is 2.57. The van der Waals surface area contributed by atoms with Gasteiger partial charge in [0.1, 0.15) is 5.69 Å². The SMILES string of the molecule is Cn1nc(C(C)(C)C)cc1C(=O)N1CCCNCC1. The molecule has 5 heteroatoms. The van der Waals surface area contributed by atoms with Crippen LogP contribution < -0.4 is 5.32 Å². The summed E-state index contributed by atoms with van der Waals surface area (Å²) in [6.07, 6.45) is 1.01. The lowest BCUT2D eigenvalue weighted by molar-refractivity contribution is 0.0755. The molecule has 1 aromatic rings. The van der Waals surface area contributed by atoms with Crippen LogP contribution in [0.1, 0.15) is 43.4 Å². The van der Waals surface area contributed by atoms with Crippen molar-refractivity contribution in [2.75, 3.05) is 26.2 Å². The maximum Gasteiger partial charge on any atom is 0.272 e. The van der Waals surface area contributed by atoms with Gasteiger partial charge < -0.3 is 10.2 Å². The van der Waals surface area contributed by atoms with Crippen LogP contribution in [0.2, 0.25) is 0 Å². The fourth-order valence-electron chi connectivity index (χ4n) is 2.24. The molecule has 0 atom stereocenters. The van der Waals surface area contributed by atoms with Crippen LogP contribution in [0, 0.1) is 0 Å². The Bertz CT molecular complexity index is 451. The normalized spacial score (nSPS) is 17.4. The van der Waals surface area contributed by atoms with E-state index in [9.17, 15) is 4.79 Å². The third-order valence-electron chi connectivity index (χ3n) is 3.49. The number of carbonyl (C=O) groups is 1. The van der Waals surface area contributed by atoms with Crippen LogP contribution in [0.25, 0.3) is 0 Å². The Morgan fingerprint density at radius 1 is 1.32 bits per heavy atom. The van der Waals surface area contributed by atoms with Gasteiger partial charge in [-0.1, -0.05) is 20.8 Å². The van der Waals surface area contributed by atoms with Crippen LogP contribution in [-0.2, 0) is 12.5 Å². The monoisotopic (exact) mass is 264 g/mol. The lowest BCUT2D eigenvalue weighted by Crippen LogP contribution is -2.35. The predicted octanol–water partition coefficient (Wildman–Crippen LogP) is 1.15. The van der Waals surface area contributed by atoms with E-state index in [1.165, 1.54) is 0 Å². The maximum absolute atomic E-state index is 12.6. The zero-order valence-electron chi connectivity index (χ0n) is 12.4. The summed E-state index contributed by atoms with van der Waals surface area (Å²) in [4.78, 5) is 14.5. The molecule has 0 spiro atoms. The molecule has 0 saturated carbocycles. The van der Waals surface area contributed by atoms with Crippen molar-refractivity contribution in [2.24, 2.45) is 7.05 Å². The highest BCUT2D eigenvalue weighted by molar-refractivity contribution is 5.92. The van der Waals surface area contributed by atoms with E-state index in [1.807, 2.05) is 18.0 Å². The van der Waals surface area contributed by atoms with Crippen molar-refractivity contribution in [1.82, 2.24) is 20.0 Å². The van der Waals surface area contributed by atoms with Crippen LogP contribution in [0.15, 0.2) is 6.07 Å². The Balaban J connectivity index is 2.21. The van der Waals surface area contributed by atoms with Gasteiger partial charge in [-0.2, -0.15) is 5.10 Å². The van der Waals surface area contributed by atoms with Crippen molar-refractivity contribution in [3.8, 4) is 0 Å². The number of nitrogens with one attached hydrogen (secondary N) is 1. The minimum absolute atomic E-state index is 0.0311. The van der Waals surface area contributed by atoms with Crippen molar-refractivity contribution in [2.45, 2.75) is 32.6 Å². The van der Waals surface area contributed by atoms with Gasteiger partial charge in [0.2, 0.25) is 0 Å². The van der Waals surface area contributed by atoms with Crippen molar-refractivity contribution in [1.29, 1.82) is 0 Å². The number of carbonyl (C=O) groups excluding carboxylic acids is 1. The number of nitrogens with zero attached hydrogens (tertiary/aromatic N) is 3. The van der Waals surface area contributed by atoms with Crippen molar-refractivity contribution in [3.63, 3.8) is 0 Å². The standard InChI is InChI=1S/C14H24N4O/c1-14(2,3)12-10-11(17(4)16-12)13(19)18-8-5-6-15-7-9-18/h10,15H,5-9H2,1-4H3. The third-order valence-corrected chi connectivity index (χ3v) is 3.49. The Morgan fingerprint density at radius 2 is 2.05 bits per heavy atom. The molecule has 106 valence electrons. The Morgan fingerprint density at radius 3 is 2.68 bits per heavy atom. The van der Waals surface area contributed by atoms with Crippen LogP contribution in [0.4, 0.5) is 0 Å².